The molecule has 1 atom stereocenters. The summed E-state index contributed by atoms with van der Waals surface area (Å²) >= 11 is 6.27. The molecule has 2 aromatic carbocycles. The SMILES string of the molecule is COc1cc([C@@H]2c3c(oc4cc(C)c(Cl)cc4c3=O)C(=O)N2CCCO)cc(OC)c1OC. The van der Waals surface area contributed by atoms with Crippen LogP contribution in [0.15, 0.2) is 33.5 Å². The van der Waals surface area contributed by atoms with Crippen LogP contribution in [-0.4, -0.2) is 50.4 Å². The van der Waals surface area contributed by atoms with E-state index < -0.39 is 11.9 Å². The molecule has 0 saturated heterocycles. The molecule has 0 spiro atoms. The van der Waals surface area contributed by atoms with Crippen molar-refractivity contribution in [2.24, 2.45) is 0 Å². The Morgan fingerprint density at radius 3 is 2.30 bits per heavy atom. The molecule has 1 amide bonds. The van der Waals surface area contributed by atoms with E-state index in [2.05, 4.69) is 0 Å². The number of carbonyl (C=O) groups excluding carboxylic acids is 1. The van der Waals surface area contributed by atoms with Crippen molar-refractivity contribution in [3.05, 3.63) is 62.0 Å². The van der Waals surface area contributed by atoms with Gasteiger partial charge in [-0.05, 0) is 48.7 Å². The van der Waals surface area contributed by atoms with Gasteiger partial charge in [-0.2, -0.15) is 0 Å². The zero-order valence-electron chi connectivity index (χ0n) is 18.7. The number of fused-ring (bicyclic) bond motifs is 2. The van der Waals surface area contributed by atoms with Gasteiger partial charge in [0, 0.05) is 18.2 Å². The Balaban J connectivity index is 2.01. The highest BCUT2D eigenvalue weighted by Gasteiger charge is 2.43. The van der Waals surface area contributed by atoms with Crippen molar-refractivity contribution in [2.75, 3.05) is 34.5 Å². The number of methoxy groups -OCH3 is 3. The van der Waals surface area contributed by atoms with Gasteiger partial charge in [0.05, 0.1) is 38.3 Å². The highest BCUT2D eigenvalue weighted by atomic mass is 35.5. The van der Waals surface area contributed by atoms with Gasteiger partial charge in [-0.3, -0.25) is 9.59 Å². The van der Waals surface area contributed by atoms with Gasteiger partial charge >= 0.3 is 0 Å². The van der Waals surface area contributed by atoms with Crippen molar-refractivity contribution in [2.45, 2.75) is 19.4 Å². The third kappa shape index (κ3) is 3.69. The van der Waals surface area contributed by atoms with Crippen LogP contribution in [0.1, 0.15) is 39.7 Å². The Kier molecular flexibility index (Phi) is 6.23. The third-order valence-corrected chi connectivity index (χ3v) is 6.21. The van der Waals surface area contributed by atoms with E-state index in [1.54, 1.807) is 31.2 Å². The van der Waals surface area contributed by atoms with Gasteiger partial charge in [-0.15, -0.1) is 0 Å². The molecule has 0 radical (unpaired) electrons. The standard InChI is InChI=1S/C24H24ClNO7/c1-12-8-16-14(11-15(12)25)21(28)19-20(26(6-5-7-27)24(29)23(19)33-16)13-9-17(30-2)22(32-4)18(10-13)31-3/h8-11,20,27H,5-7H2,1-4H3/t20-/m1/s1. The zero-order valence-corrected chi connectivity index (χ0v) is 19.5. The van der Waals surface area contributed by atoms with E-state index >= 15 is 0 Å². The molecule has 9 heteroatoms. The van der Waals surface area contributed by atoms with E-state index in [1.165, 1.54) is 26.2 Å². The second-order valence-corrected chi connectivity index (χ2v) is 8.12. The van der Waals surface area contributed by atoms with Crippen molar-refractivity contribution in [1.82, 2.24) is 4.90 Å². The van der Waals surface area contributed by atoms with Crippen molar-refractivity contribution in [3.63, 3.8) is 0 Å². The zero-order chi connectivity index (χ0) is 23.9. The van der Waals surface area contributed by atoms with Crippen molar-refractivity contribution < 1.29 is 28.5 Å². The maximum Gasteiger partial charge on any atom is 0.290 e. The van der Waals surface area contributed by atoms with Crippen LogP contribution >= 0.6 is 11.6 Å². The van der Waals surface area contributed by atoms with E-state index in [0.29, 0.717) is 45.2 Å². The first-order chi connectivity index (χ1) is 15.9. The van der Waals surface area contributed by atoms with Gasteiger partial charge in [0.15, 0.2) is 16.9 Å². The molecule has 8 nitrogen and oxygen atoms in total. The lowest BCUT2D eigenvalue weighted by Crippen LogP contribution is -2.31. The number of halogens is 1. The van der Waals surface area contributed by atoms with Crippen LogP contribution in [0.2, 0.25) is 5.02 Å². The van der Waals surface area contributed by atoms with Gasteiger partial charge in [0.2, 0.25) is 11.5 Å². The van der Waals surface area contributed by atoms with Crippen LogP contribution < -0.4 is 19.6 Å². The highest BCUT2D eigenvalue weighted by molar-refractivity contribution is 6.32. The number of aliphatic hydroxyl groups excluding tert-OH is 1. The minimum absolute atomic E-state index is 0.0223. The van der Waals surface area contributed by atoms with Crippen LogP contribution in [0.3, 0.4) is 0 Å². The number of hydrogen-bond acceptors (Lipinski definition) is 7. The Bertz CT molecular complexity index is 1280. The molecule has 0 aliphatic carbocycles. The number of nitrogens with zero attached hydrogens (tertiary/aromatic N) is 1. The lowest BCUT2D eigenvalue weighted by atomic mass is 9.97. The minimum Gasteiger partial charge on any atom is -0.493 e. The molecule has 1 aliphatic rings. The Morgan fingerprint density at radius 2 is 1.73 bits per heavy atom. The van der Waals surface area contributed by atoms with Crippen LogP contribution in [0.25, 0.3) is 11.0 Å². The van der Waals surface area contributed by atoms with Crippen LogP contribution in [0.5, 0.6) is 17.2 Å². The van der Waals surface area contributed by atoms with E-state index in [4.69, 9.17) is 30.2 Å². The number of rotatable bonds is 7. The molecule has 0 saturated carbocycles. The molecule has 33 heavy (non-hydrogen) atoms. The molecule has 3 aromatic rings. The summed E-state index contributed by atoms with van der Waals surface area (Å²) in [5.74, 6) is 0.718. The largest absolute Gasteiger partial charge is 0.493 e. The Labute approximate surface area is 195 Å². The summed E-state index contributed by atoms with van der Waals surface area (Å²) in [5.41, 5.74) is 1.48. The molecule has 174 valence electrons. The molecule has 2 heterocycles. The van der Waals surface area contributed by atoms with E-state index in [0.717, 1.165) is 5.56 Å². The van der Waals surface area contributed by atoms with Gasteiger partial charge < -0.3 is 28.6 Å². The quantitative estimate of drug-likeness (QED) is 0.558. The first-order valence-corrected chi connectivity index (χ1v) is 10.7. The number of carbonyl (C=O) groups is 1. The lowest BCUT2D eigenvalue weighted by Gasteiger charge is -2.26. The first-order valence-electron chi connectivity index (χ1n) is 10.3. The first kappa shape index (κ1) is 22.9. The highest BCUT2D eigenvalue weighted by Crippen LogP contribution is 2.45. The lowest BCUT2D eigenvalue weighted by molar-refractivity contribution is 0.0716. The number of ether oxygens (including phenoxy) is 3. The predicted molar refractivity (Wildman–Crippen MR) is 123 cm³/mol. The van der Waals surface area contributed by atoms with Crippen molar-refractivity contribution in [3.8, 4) is 17.2 Å². The number of hydrogen-bond donors (Lipinski definition) is 1. The van der Waals surface area contributed by atoms with E-state index in [1.807, 2.05) is 0 Å². The Hall–Kier alpha value is -3.23. The molecular weight excluding hydrogens is 450 g/mol. The van der Waals surface area contributed by atoms with E-state index in [9.17, 15) is 14.7 Å². The molecular formula is C24H24ClNO7. The summed E-state index contributed by atoms with van der Waals surface area (Å²) in [6.45, 7) is 1.90. The maximum absolute atomic E-state index is 13.6. The molecule has 0 bridgehead atoms. The molecule has 1 N–H and O–H groups in total. The Morgan fingerprint density at radius 1 is 1.06 bits per heavy atom. The van der Waals surface area contributed by atoms with Gasteiger partial charge in [-0.25, -0.2) is 0 Å². The smallest absolute Gasteiger partial charge is 0.290 e. The van der Waals surface area contributed by atoms with E-state index in [-0.39, 0.29) is 29.9 Å². The van der Waals surface area contributed by atoms with Gasteiger partial charge in [0.1, 0.15) is 5.58 Å². The molecule has 0 unspecified atom stereocenters. The molecule has 1 aromatic heterocycles. The third-order valence-electron chi connectivity index (χ3n) is 5.81. The maximum atomic E-state index is 13.6. The number of benzene rings is 2. The fourth-order valence-electron chi connectivity index (χ4n) is 4.22. The van der Waals surface area contributed by atoms with Crippen LogP contribution in [0.4, 0.5) is 0 Å². The van der Waals surface area contributed by atoms with Gasteiger partial charge in [-0.1, -0.05) is 11.6 Å². The molecule has 0 fully saturated rings. The van der Waals surface area contributed by atoms with Crippen molar-refractivity contribution in [1.29, 1.82) is 0 Å². The summed E-state index contributed by atoms with van der Waals surface area (Å²) in [6.07, 6.45) is 0.333. The summed E-state index contributed by atoms with van der Waals surface area (Å²) < 4.78 is 22.3. The summed E-state index contributed by atoms with van der Waals surface area (Å²) in [5, 5.41) is 10.1. The number of aryl methyl sites for hydroxylation is 1. The second kappa shape index (κ2) is 8.96. The average Bonchev–Trinajstić information content (AvgIpc) is 3.09. The second-order valence-electron chi connectivity index (χ2n) is 7.71. The summed E-state index contributed by atoms with van der Waals surface area (Å²) in [4.78, 5) is 28.5. The predicted octanol–water partition coefficient (Wildman–Crippen LogP) is 3.71. The average molecular weight is 474 g/mol. The van der Waals surface area contributed by atoms with Gasteiger partial charge in [0.25, 0.3) is 5.91 Å². The summed E-state index contributed by atoms with van der Waals surface area (Å²) in [6, 6.07) is 5.84. The monoisotopic (exact) mass is 473 g/mol. The fourth-order valence-corrected chi connectivity index (χ4v) is 4.38. The number of amides is 1. The van der Waals surface area contributed by atoms with Crippen LogP contribution in [-0.2, 0) is 0 Å². The molecule has 4 rings (SSSR count). The fraction of sp³-hybridized carbons (Fsp3) is 0.333. The minimum atomic E-state index is -0.770. The molecule has 1 aliphatic heterocycles. The normalized spacial score (nSPS) is 15.2. The van der Waals surface area contributed by atoms with Crippen molar-refractivity contribution >= 4 is 28.5 Å². The number of aliphatic hydroxyl groups is 1. The summed E-state index contributed by atoms with van der Waals surface area (Å²) in [7, 11) is 4.48. The topological polar surface area (TPSA) is 98.4 Å². The van der Waals surface area contributed by atoms with Crippen LogP contribution in [0, 0.1) is 6.92 Å².